The Hall–Kier alpha value is -3.86. The van der Waals surface area contributed by atoms with Crippen molar-refractivity contribution in [1.82, 2.24) is 19.3 Å². The lowest BCUT2D eigenvalue weighted by Gasteiger charge is -2.21. The number of thiophene rings is 1. The van der Waals surface area contributed by atoms with Crippen LogP contribution >= 0.6 is 11.3 Å². The predicted octanol–water partition coefficient (Wildman–Crippen LogP) is 4.34. The van der Waals surface area contributed by atoms with E-state index in [0.717, 1.165) is 22.2 Å². The summed E-state index contributed by atoms with van der Waals surface area (Å²) in [5.74, 6) is -0.0609. The van der Waals surface area contributed by atoms with E-state index in [0.29, 0.717) is 22.8 Å². The molecular weight excluding hydrogens is 484 g/mol. The molecule has 35 heavy (non-hydrogen) atoms. The van der Waals surface area contributed by atoms with Crippen LogP contribution in [0.1, 0.15) is 27.7 Å². The quantitative estimate of drug-likeness (QED) is 0.331. The topological polar surface area (TPSA) is 103 Å². The fourth-order valence-corrected chi connectivity index (χ4v) is 6.08. The van der Waals surface area contributed by atoms with Gasteiger partial charge in [0.2, 0.25) is 5.95 Å². The zero-order valence-corrected chi connectivity index (χ0v) is 20.2. The summed E-state index contributed by atoms with van der Waals surface area (Å²) in [5.41, 5.74) is 2.46. The Balaban J connectivity index is 1.71. The molecule has 0 saturated heterocycles. The van der Waals surface area contributed by atoms with Gasteiger partial charge in [0.1, 0.15) is 4.21 Å². The maximum absolute atomic E-state index is 13.3. The summed E-state index contributed by atoms with van der Waals surface area (Å²) in [6.07, 6.45) is 3.27. The monoisotopic (exact) mass is 504 g/mol. The molecule has 8 nitrogen and oxygen atoms in total. The van der Waals surface area contributed by atoms with Crippen LogP contribution in [0.5, 0.6) is 0 Å². The molecule has 0 aliphatic heterocycles. The molecule has 10 heteroatoms. The molecule has 0 fully saturated rings. The number of esters is 1. The molecule has 0 aliphatic rings. The van der Waals surface area contributed by atoms with Gasteiger partial charge in [-0.2, -0.15) is 4.72 Å². The number of carbonyl (C=O) groups excluding carboxylic acids is 1. The Morgan fingerprint density at radius 3 is 2.43 bits per heavy atom. The lowest BCUT2D eigenvalue weighted by Crippen LogP contribution is -2.30. The van der Waals surface area contributed by atoms with E-state index in [4.69, 9.17) is 4.74 Å². The Bertz CT molecular complexity index is 1580. The van der Waals surface area contributed by atoms with E-state index >= 15 is 0 Å². The molecule has 0 bridgehead atoms. The highest BCUT2D eigenvalue weighted by molar-refractivity contribution is 7.91. The number of rotatable bonds is 7. The zero-order chi connectivity index (χ0) is 24.4. The molecule has 0 saturated carbocycles. The van der Waals surface area contributed by atoms with Gasteiger partial charge in [-0.15, -0.1) is 11.3 Å². The Kier molecular flexibility index (Phi) is 6.16. The molecule has 3 aromatic heterocycles. The van der Waals surface area contributed by atoms with Gasteiger partial charge in [0.25, 0.3) is 10.0 Å². The maximum Gasteiger partial charge on any atom is 0.337 e. The van der Waals surface area contributed by atoms with Crippen molar-refractivity contribution in [3.8, 4) is 5.95 Å². The molecule has 0 amide bonds. The predicted molar refractivity (Wildman–Crippen MR) is 133 cm³/mol. The molecule has 1 N–H and O–H groups in total. The SMILES string of the molecule is COC(=O)c1ccc(C(NS(=O)(=O)c2cccs2)c2cc3ccccc3n2-c2ncccn2)cc1. The van der Waals surface area contributed by atoms with Crippen molar-refractivity contribution in [3.05, 3.63) is 107 Å². The second-order valence-electron chi connectivity index (χ2n) is 7.61. The molecule has 0 aliphatic carbocycles. The number of nitrogens with zero attached hydrogens (tertiary/aromatic N) is 3. The van der Waals surface area contributed by atoms with Crippen molar-refractivity contribution in [2.75, 3.05) is 7.11 Å². The molecule has 1 atom stereocenters. The third-order valence-electron chi connectivity index (χ3n) is 5.49. The minimum Gasteiger partial charge on any atom is -0.465 e. The maximum atomic E-state index is 13.3. The highest BCUT2D eigenvalue weighted by Crippen LogP contribution is 2.32. The number of fused-ring (bicyclic) bond motifs is 1. The summed E-state index contributed by atoms with van der Waals surface area (Å²) in [6, 6.07) is 20.4. The first kappa shape index (κ1) is 22.9. The first-order chi connectivity index (χ1) is 17.0. The van der Waals surface area contributed by atoms with E-state index in [-0.39, 0.29) is 4.21 Å². The van der Waals surface area contributed by atoms with Gasteiger partial charge in [-0.3, -0.25) is 4.57 Å². The summed E-state index contributed by atoms with van der Waals surface area (Å²) in [5, 5.41) is 2.62. The van der Waals surface area contributed by atoms with E-state index in [9.17, 15) is 13.2 Å². The van der Waals surface area contributed by atoms with Crippen molar-refractivity contribution in [2.24, 2.45) is 0 Å². The minimum atomic E-state index is -3.86. The van der Waals surface area contributed by atoms with E-state index in [1.165, 1.54) is 7.11 Å². The zero-order valence-electron chi connectivity index (χ0n) is 18.5. The van der Waals surface area contributed by atoms with Crippen LogP contribution in [0.25, 0.3) is 16.9 Å². The first-order valence-electron chi connectivity index (χ1n) is 10.6. The molecular formula is C25H20N4O4S2. The number of ether oxygens (including phenoxy) is 1. The van der Waals surface area contributed by atoms with Crippen LogP contribution in [-0.4, -0.2) is 36.0 Å². The van der Waals surface area contributed by atoms with Gasteiger partial charge in [-0.25, -0.2) is 23.2 Å². The van der Waals surface area contributed by atoms with Gasteiger partial charge in [-0.05, 0) is 47.3 Å². The fraction of sp³-hybridized carbons (Fsp3) is 0.0800. The van der Waals surface area contributed by atoms with Gasteiger partial charge < -0.3 is 4.74 Å². The standard InChI is InChI=1S/C25H20N4O4S2/c1-33-24(30)18-11-9-17(10-12-18)23(28-35(31,32)22-8-4-15-34-22)21-16-19-6-2-3-7-20(19)29(21)25-26-13-5-14-27-25/h2-16,23,28H,1H3. The smallest absolute Gasteiger partial charge is 0.337 e. The third-order valence-corrected chi connectivity index (χ3v) is 8.31. The average molecular weight is 505 g/mol. The van der Waals surface area contributed by atoms with Gasteiger partial charge in [0.15, 0.2) is 0 Å². The molecule has 0 spiro atoms. The van der Waals surface area contributed by atoms with E-state index in [2.05, 4.69) is 14.7 Å². The minimum absolute atomic E-state index is 0.201. The summed E-state index contributed by atoms with van der Waals surface area (Å²) in [6.45, 7) is 0. The Morgan fingerprint density at radius 2 is 1.74 bits per heavy atom. The number of aromatic nitrogens is 3. The average Bonchev–Trinajstić information content (AvgIpc) is 3.57. The van der Waals surface area contributed by atoms with Crippen LogP contribution in [-0.2, 0) is 14.8 Å². The highest BCUT2D eigenvalue weighted by atomic mass is 32.2. The number of hydrogen-bond donors (Lipinski definition) is 1. The number of sulfonamides is 1. The number of carbonyl (C=O) groups is 1. The number of para-hydroxylation sites is 1. The van der Waals surface area contributed by atoms with Crippen molar-refractivity contribution >= 4 is 38.2 Å². The molecule has 0 radical (unpaired) electrons. The highest BCUT2D eigenvalue weighted by Gasteiger charge is 2.28. The van der Waals surface area contributed by atoms with Crippen LogP contribution in [0.4, 0.5) is 0 Å². The molecule has 2 aromatic carbocycles. The van der Waals surface area contributed by atoms with E-state index in [1.807, 2.05) is 34.9 Å². The Labute approximate surface area is 205 Å². The lowest BCUT2D eigenvalue weighted by molar-refractivity contribution is 0.0600. The molecule has 5 aromatic rings. The van der Waals surface area contributed by atoms with Crippen LogP contribution in [0, 0.1) is 0 Å². The Morgan fingerprint density at radius 1 is 1.00 bits per heavy atom. The van der Waals surface area contributed by atoms with Crippen molar-refractivity contribution in [1.29, 1.82) is 0 Å². The second-order valence-corrected chi connectivity index (χ2v) is 10.5. The van der Waals surface area contributed by atoms with Crippen LogP contribution < -0.4 is 4.72 Å². The molecule has 3 heterocycles. The van der Waals surface area contributed by atoms with Gasteiger partial charge in [0, 0.05) is 23.5 Å². The molecule has 5 rings (SSSR count). The summed E-state index contributed by atoms with van der Waals surface area (Å²) in [7, 11) is -2.55. The fourth-order valence-electron chi connectivity index (χ4n) is 3.88. The summed E-state index contributed by atoms with van der Waals surface area (Å²) < 4.78 is 36.3. The normalized spacial score (nSPS) is 12.5. The summed E-state index contributed by atoms with van der Waals surface area (Å²) in [4.78, 5) is 20.8. The van der Waals surface area contributed by atoms with Crippen LogP contribution in [0.3, 0.4) is 0 Å². The van der Waals surface area contributed by atoms with Gasteiger partial charge in [0.05, 0.1) is 24.2 Å². The largest absolute Gasteiger partial charge is 0.465 e. The third kappa shape index (κ3) is 4.46. The van der Waals surface area contributed by atoms with Crippen molar-refractivity contribution < 1.29 is 17.9 Å². The molecule has 1 unspecified atom stereocenters. The van der Waals surface area contributed by atoms with Crippen LogP contribution in [0.2, 0.25) is 0 Å². The first-order valence-corrected chi connectivity index (χ1v) is 13.0. The second kappa shape index (κ2) is 9.41. The van der Waals surface area contributed by atoms with Gasteiger partial charge >= 0.3 is 5.97 Å². The van der Waals surface area contributed by atoms with E-state index < -0.39 is 22.0 Å². The van der Waals surface area contributed by atoms with E-state index in [1.54, 1.807) is 60.2 Å². The number of benzene rings is 2. The van der Waals surface area contributed by atoms with Crippen molar-refractivity contribution in [3.63, 3.8) is 0 Å². The van der Waals surface area contributed by atoms with Crippen molar-refractivity contribution in [2.45, 2.75) is 10.3 Å². The number of nitrogens with one attached hydrogen (secondary N) is 1. The number of methoxy groups -OCH3 is 1. The van der Waals surface area contributed by atoms with Crippen LogP contribution in [0.15, 0.2) is 94.8 Å². The van der Waals surface area contributed by atoms with Gasteiger partial charge in [-0.1, -0.05) is 36.4 Å². The summed E-state index contributed by atoms with van der Waals surface area (Å²) >= 11 is 1.13. The molecule has 176 valence electrons. The lowest BCUT2D eigenvalue weighted by atomic mass is 10.0. The number of hydrogen-bond acceptors (Lipinski definition) is 7.